The number of aromatic nitrogens is 6. The van der Waals surface area contributed by atoms with E-state index in [-0.39, 0.29) is 12.3 Å². The second-order valence-electron chi connectivity index (χ2n) is 7.97. The normalized spacial score (nSPS) is 20.2. The molecule has 2 N–H and O–H groups in total. The topological polar surface area (TPSA) is 135 Å². The van der Waals surface area contributed by atoms with E-state index in [0.717, 1.165) is 27.6 Å². The van der Waals surface area contributed by atoms with Gasteiger partial charge in [-0.25, -0.2) is 0 Å². The minimum Gasteiger partial charge on any atom is -0.383 e. The van der Waals surface area contributed by atoms with Gasteiger partial charge in [-0.15, -0.1) is 0 Å². The van der Waals surface area contributed by atoms with Gasteiger partial charge in [0, 0.05) is 29.8 Å². The molecule has 0 atom stereocenters. The molecule has 1 aliphatic rings. The molecule has 0 saturated heterocycles. The largest absolute Gasteiger partial charge is 0.383 e. The van der Waals surface area contributed by atoms with Gasteiger partial charge in [0.2, 0.25) is 0 Å². The Labute approximate surface area is 178 Å². The fourth-order valence-electron chi connectivity index (χ4n) is 4.31. The van der Waals surface area contributed by atoms with Crippen molar-refractivity contribution in [2.24, 2.45) is 13.0 Å². The number of nitrogens with two attached hydrogens (primary N) is 1. The lowest BCUT2D eigenvalue weighted by Gasteiger charge is -2.42. The van der Waals surface area contributed by atoms with Crippen LogP contribution in [-0.4, -0.2) is 29.8 Å². The molecule has 9 nitrogen and oxygen atoms in total. The zero-order valence-corrected chi connectivity index (χ0v) is 16.9. The molecule has 3 aromatic heterocycles. The van der Waals surface area contributed by atoms with Crippen LogP contribution in [0.15, 0.2) is 42.9 Å². The van der Waals surface area contributed by atoms with Crippen LogP contribution in [-0.2, 0) is 12.6 Å². The standard InChI is InChI=1S/C22H19N9/c1-30-21(25)18(12-27-30)15-7-17(16-3-2-6-26-19(16)8-15)20-13-28-31(29-20)22(4-5-23)9-14(10-22)11-24/h2-3,6-8,12-14H,4,9-10,25H2,1H3. The smallest absolute Gasteiger partial charge is 0.129 e. The van der Waals surface area contributed by atoms with E-state index in [1.807, 2.05) is 24.3 Å². The Kier molecular flexibility index (Phi) is 4.19. The van der Waals surface area contributed by atoms with Crippen molar-refractivity contribution >= 4 is 16.7 Å². The van der Waals surface area contributed by atoms with Crippen molar-refractivity contribution in [1.82, 2.24) is 29.8 Å². The van der Waals surface area contributed by atoms with Crippen molar-refractivity contribution in [3.05, 3.63) is 42.9 Å². The number of pyridine rings is 1. The third kappa shape index (κ3) is 2.90. The molecule has 0 unspecified atom stereocenters. The van der Waals surface area contributed by atoms with E-state index in [9.17, 15) is 10.5 Å². The summed E-state index contributed by atoms with van der Waals surface area (Å²) < 4.78 is 1.63. The summed E-state index contributed by atoms with van der Waals surface area (Å²) in [6, 6.07) is 12.4. The Balaban J connectivity index is 1.64. The Hall–Kier alpha value is -4.24. The summed E-state index contributed by atoms with van der Waals surface area (Å²) in [4.78, 5) is 6.14. The molecule has 0 amide bonds. The van der Waals surface area contributed by atoms with Crippen molar-refractivity contribution in [3.8, 4) is 34.5 Å². The highest BCUT2D eigenvalue weighted by Crippen LogP contribution is 2.45. The van der Waals surface area contributed by atoms with Crippen molar-refractivity contribution in [1.29, 1.82) is 10.5 Å². The van der Waals surface area contributed by atoms with Gasteiger partial charge in [-0.3, -0.25) is 9.67 Å². The van der Waals surface area contributed by atoms with Gasteiger partial charge in [0.05, 0.1) is 47.9 Å². The summed E-state index contributed by atoms with van der Waals surface area (Å²) in [7, 11) is 1.80. The molecule has 5 rings (SSSR count). The molecule has 0 spiro atoms. The summed E-state index contributed by atoms with van der Waals surface area (Å²) >= 11 is 0. The highest BCUT2D eigenvalue weighted by atomic mass is 15.5. The number of benzene rings is 1. The molecule has 31 heavy (non-hydrogen) atoms. The third-order valence-electron chi connectivity index (χ3n) is 6.05. The maximum atomic E-state index is 9.31. The first-order chi connectivity index (χ1) is 15.0. The van der Waals surface area contributed by atoms with Crippen LogP contribution in [0.3, 0.4) is 0 Å². The summed E-state index contributed by atoms with van der Waals surface area (Å²) in [5.74, 6) is 0.500. The molecule has 1 aliphatic carbocycles. The monoisotopic (exact) mass is 409 g/mol. The first-order valence-electron chi connectivity index (χ1n) is 9.91. The average molecular weight is 409 g/mol. The van der Waals surface area contributed by atoms with Crippen LogP contribution in [0.2, 0.25) is 0 Å². The van der Waals surface area contributed by atoms with Crippen LogP contribution in [0.4, 0.5) is 5.82 Å². The second-order valence-corrected chi connectivity index (χ2v) is 7.97. The van der Waals surface area contributed by atoms with Crippen LogP contribution in [0.25, 0.3) is 33.3 Å². The van der Waals surface area contributed by atoms with Crippen LogP contribution in [0.1, 0.15) is 19.3 Å². The molecule has 1 saturated carbocycles. The third-order valence-corrected chi connectivity index (χ3v) is 6.05. The van der Waals surface area contributed by atoms with Gasteiger partial charge < -0.3 is 5.73 Å². The molecular formula is C22H19N9. The number of nitrogens with zero attached hydrogens (tertiary/aromatic N) is 8. The SMILES string of the molecule is Cn1ncc(-c2cc(-c3cnn(C4(CC#N)CC(C#N)C4)n3)c3cccnc3c2)c1N. The highest BCUT2D eigenvalue weighted by molar-refractivity contribution is 5.98. The van der Waals surface area contributed by atoms with E-state index in [2.05, 4.69) is 27.3 Å². The van der Waals surface area contributed by atoms with Crippen LogP contribution < -0.4 is 5.73 Å². The first kappa shape index (κ1) is 18.8. The number of anilines is 1. The van der Waals surface area contributed by atoms with Gasteiger partial charge in [0.1, 0.15) is 11.5 Å². The predicted molar refractivity (Wildman–Crippen MR) is 114 cm³/mol. The molecule has 9 heteroatoms. The quantitative estimate of drug-likeness (QED) is 0.547. The van der Waals surface area contributed by atoms with Crippen LogP contribution in [0, 0.1) is 28.6 Å². The molecule has 1 fully saturated rings. The zero-order valence-electron chi connectivity index (χ0n) is 16.9. The van der Waals surface area contributed by atoms with E-state index in [0.29, 0.717) is 24.4 Å². The minimum absolute atomic E-state index is 0.0651. The number of nitrogen functional groups attached to an aromatic ring is 1. The van der Waals surface area contributed by atoms with E-state index in [1.54, 1.807) is 35.1 Å². The van der Waals surface area contributed by atoms with E-state index in [1.165, 1.54) is 0 Å². The lowest BCUT2D eigenvalue weighted by Crippen LogP contribution is -2.47. The predicted octanol–water partition coefficient (Wildman–Crippen LogP) is 3.02. The Morgan fingerprint density at radius 1 is 1.19 bits per heavy atom. The Morgan fingerprint density at radius 3 is 2.74 bits per heavy atom. The number of hydrogen-bond acceptors (Lipinski definition) is 7. The summed E-state index contributed by atoms with van der Waals surface area (Å²) in [6.07, 6.45) is 6.63. The minimum atomic E-state index is -0.521. The van der Waals surface area contributed by atoms with Gasteiger partial charge in [0.15, 0.2) is 0 Å². The molecule has 1 aromatic carbocycles. The first-order valence-corrected chi connectivity index (χ1v) is 9.91. The molecule has 152 valence electrons. The van der Waals surface area contributed by atoms with Gasteiger partial charge in [-0.2, -0.15) is 30.6 Å². The molecule has 0 radical (unpaired) electrons. The maximum Gasteiger partial charge on any atom is 0.129 e. The number of fused-ring (bicyclic) bond motifs is 1. The van der Waals surface area contributed by atoms with Crippen molar-refractivity contribution in [2.45, 2.75) is 24.8 Å². The Morgan fingerprint density at radius 2 is 2.03 bits per heavy atom. The van der Waals surface area contributed by atoms with Gasteiger partial charge in [0.25, 0.3) is 0 Å². The number of rotatable bonds is 4. The van der Waals surface area contributed by atoms with Gasteiger partial charge in [-0.05, 0) is 36.6 Å². The number of hydrogen-bond donors (Lipinski definition) is 1. The summed E-state index contributed by atoms with van der Waals surface area (Å²) in [5.41, 5.74) is 9.76. The molecule has 0 bridgehead atoms. The molecule has 3 heterocycles. The van der Waals surface area contributed by atoms with Gasteiger partial charge >= 0.3 is 0 Å². The summed E-state index contributed by atoms with van der Waals surface area (Å²) in [6.45, 7) is 0. The van der Waals surface area contributed by atoms with Crippen molar-refractivity contribution < 1.29 is 0 Å². The Bertz CT molecular complexity index is 1380. The van der Waals surface area contributed by atoms with Crippen molar-refractivity contribution in [2.75, 3.05) is 5.73 Å². The fourth-order valence-corrected chi connectivity index (χ4v) is 4.31. The van der Waals surface area contributed by atoms with Gasteiger partial charge in [-0.1, -0.05) is 6.07 Å². The van der Waals surface area contributed by atoms with Crippen LogP contribution >= 0.6 is 0 Å². The van der Waals surface area contributed by atoms with Crippen molar-refractivity contribution in [3.63, 3.8) is 0 Å². The summed E-state index contributed by atoms with van der Waals surface area (Å²) in [5, 5.41) is 32.9. The lowest BCUT2D eigenvalue weighted by atomic mass is 9.68. The maximum absolute atomic E-state index is 9.31. The fraction of sp³-hybridized carbons (Fsp3) is 0.273. The lowest BCUT2D eigenvalue weighted by molar-refractivity contribution is 0.0713. The molecular weight excluding hydrogens is 390 g/mol. The number of nitriles is 2. The highest BCUT2D eigenvalue weighted by Gasteiger charge is 2.48. The van der Waals surface area contributed by atoms with E-state index in [4.69, 9.17) is 10.8 Å². The van der Waals surface area contributed by atoms with E-state index >= 15 is 0 Å². The number of aryl methyl sites for hydroxylation is 1. The van der Waals surface area contributed by atoms with E-state index < -0.39 is 5.54 Å². The second kappa shape index (κ2) is 6.92. The zero-order chi connectivity index (χ0) is 21.6. The van der Waals surface area contributed by atoms with Crippen LogP contribution in [0.5, 0.6) is 0 Å². The molecule has 4 aromatic rings. The molecule has 0 aliphatic heterocycles. The average Bonchev–Trinajstić information content (AvgIpc) is 3.37.